The third-order valence-electron chi connectivity index (χ3n) is 1.83. The number of nitrogens with zero attached hydrogens (tertiary/aromatic N) is 1. The standard InChI is InChI=1S/C9H13N3O3S/c1-5-11-3-7(16-5)9(14)12-6(4-15-2)8(10)13/h3,6H,4H2,1-2H3,(H2,10,13)(H,12,14). The van der Waals surface area contributed by atoms with Gasteiger partial charge in [-0.3, -0.25) is 9.59 Å². The number of aryl methyl sites for hydroxylation is 1. The minimum Gasteiger partial charge on any atom is -0.382 e. The highest BCUT2D eigenvalue weighted by atomic mass is 32.1. The van der Waals surface area contributed by atoms with Gasteiger partial charge in [0.15, 0.2) is 0 Å². The molecule has 1 unspecified atom stereocenters. The van der Waals surface area contributed by atoms with Crippen molar-refractivity contribution in [1.82, 2.24) is 10.3 Å². The molecule has 1 heterocycles. The molecule has 1 aromatic rings. The highest BCUT2D eigenvalue weighted by Crippen LogP contribution is 2.11. The van der Waals surface area contributed by atoms with Crippen LogP contribution < -0.4 is 11.1 Å². The molecule has 3 N–H and O–H groups in total. The minimum absolute atomic E-state index is 0.0544. The molecule has 0 bridgehead atoms. The van der Waals surface area contributed by atoms with Crippen molar-refractivity contribution in [3.05, 3.63) is 16.1 Å². The Balaban J connectivity index is 2.65. The van der Waals surface area contributed by atoms with Crippen LogP contribution in [0.2, 0.25) is 0 Å². The second kappa shape index (κ2) is 5.57. The predicted octanol–water partition coefficient (Wildman–Crippen LogP) is -0.318. The first-order valence-electron chi connectivity index (χ1n) is 4.56. The van der Waals surface area contributed by atoms with Crippen molar-refractivity contribution in [3.63, 3.8) is 0 Å². The van der Waals surface area contributed by atoms with E-state index in [0.29, 0.717) is 4.88 Å². The first-order chi connectivity index (χ1) is 7.54. The van der Waals surface area contributed by atoms with E-state index in [1.54, 1.807) is 6.92 Å². The van der Waals surface area contributed by atoms with E-state index >= 15 is 0 Å². The summed E-state index contributed by atoms with van der Waals surface area (Å²) in [6.07, 6.45) is 1.46. The maximum absolute atomic E-state index is 11.6. The fourth-order valence-electron chi connectivity index (χ4n) is 1.06. The van der Waals surface area contributed by atoms with Gasteiger partial charge in [0.2, 0.25) is 5.91 Å². The number of carbonyl (C=O) groups excluding carboxylic acids is 2. The summed E-state index contributed by atoms with van der Waals surface area (Å²) in [6.45, 7) is 1.85. The predicted molar refractivity (Wildman–Crippen MR) is 59.2 cm³/mol. The Labute approximate surface area is 96.8 Å². The minimum atomic E-state index is -0.820. The van der Waals surface area contributed by atoms with E-state index in [1.165, 1.54) is 24.6 Å². The molecule has 0 saturated heterocycles. The molecule has 16 heavy (non-hydrogen) atoms. The van der Waals surface area contributed by atoms with E-state index in [1.807, 2.05) is 0 Å². The second-order valence-electron chi connectivity index (χ2n) is 3.13. The summed E-state index contributed by atoms with van der Waals surface area (Å²) >= 11 is 1.25. The zero-order valence-electron chi connectivity index (χ0n) is 9.02. The fourth-order valence-corrected chi connectivity index (χ4v) is 1.74. The number of ether oxygens (including phenoxy) is 1. The molecule has 0 fully saturated rings. The molecule has 1 atom stereocenters. The van der Waals surface area contributed by atoms with E-state index in [-0.39, 0.29) is 12.5 Å². The molecule has 0 aromatic carbocycles. The van der Waals surface area contributed by atoms with Gasteiger partial charge in [-0.25, -0.2) is 4.98 Å². The van der Waals surface area contributed by atoms with Crippen molar-refractivity contribution in [3.8, 4) is 0 Å². The molecule has 88 valence electrons. The van der Waals surface area contributed by atoms with Crippen molar-refractivity contribution in [2.45, 2.75) is 13.0 Å². The average Bonchev–Trinajstić information content (AvgIpc) is 2.64. The number of aromatic nitrogens is 1. The van der Waals surface area contributed by atoms with Crippen LogP contribution in [-0.2, 0) is 9.53 Å². The maximum Gasteiger partial charge on any atom is 0.263 e. The summed E-state index contributed by atoms with van der Waals surface area (Å²) in [6, 6.07) is -0.820. The van der Waals surface area contributed by atoms with Crippen LogP contribution in [0.4, 0.5) is 0 Å². The van der Waals surface area contributed by atoms with Gasteiger partial charge in [0.1, 0.15) is 10.9 Å². The van der Waals surface area contributed by atoms with E-state index in [2.05, 4.69) is 10.3 Å². The lowest BCUT2D eigenvalue weighted by atomic mass is 10.3. The number of amides is 2. The molecule has 0 aliphatic heterocycles. The monoisotopic (exact) mass is 243 g/mol. The lowest BCUT2D eigenvalue weighted by Gasteiger charge is -2.13. The van der Waals surface area contributed by atoms with Crippen molar-refractivity contribution >= 4 is 23.2 Å². The van der Waals surface area contributed by atoms with Gasteiger partial charge in [-0.1, -0.05) is 0 Å². The summed E-state index contributed by atoms with van der Waals surface area (Å²) in [7, 11) is 1.43. The van der Waals surface area contributed by atoms with Crippen molar-refractivity contribution < 1.29 is 14.3 Å². The molecular weight excluding hydrogens is 230 g/mol. The number of primary amides is 1. The van der Waals surface area contributed by atoms with Crippen LogP contribution in [0.25, 0.3) is 0 Å². The van der Waals surface area contributed by atoms with Gasteiger partial charge < -0.3 is 15.8 Å². The molecule has 1 rings (SSSR count). The Morgan fingerprint density at radius 1 is 1.69 bits per heavy atom. The van der Waals surface area contributed by atoms with Gasteiger partial charge in [0.25, 0.3) is 5.91 Å². The van der Waals surface area contributed by atoms with Crippen LogP contribution >= 0.6 is 11.3 Å². The Morgan fingerprint density at radius 3 is 2.81 bits per heavy atom. The Bertz CT molecular complexity index is 391. The fraction of sp³-hybridized carbons (Fsp3) is 0.444. The quantitative estimate of drug-likeness (QED) is 0.741. The van der Waals surface area contributed by atoms with E-state index in [9.17, 15) is 9.59 Å². The number of nitrogens with one attached hydrogen (secondary N) is 1. The van der Waals surface area contributed by atoms with Crippen molar-refractivity contribution in [1.29, 1.82) is 0 Å². The topological polar surface area (TPSA) is 94.3 Å². The molecule has 0 spiro atoms. The van der Waals surface area contributed by atoms with Crippen LogP contribution in [0, 0.1) is 6.92 Å². The molecule has 1 aromatic heterocycles. The van der Waals surface area contributed by atoms with Gasteiger partial charge in [0, 0.05) is 7.11 Å². The number of thiazole rings is 1. The second-order valence-corrected chi connectivity index (χ2v) is 4.36. The number of nitrogens with two attached hydrogens (primary N) is 1. The van der Waals surface area contributed by atoms with Crippen LogP contribution in [0.5, 0.6) is 0 Å². The summed E-state index contributed by atoms with van der Waals surface area (Å²) < 4.78 is 4.78. The normalized spacial score (nSPS) is 12.1. The SMILES string of the molecule is COCC(NC(=O)c1cnc(C)s1)C(N)=O. The average molecular weight is 243 g/mol. The Morgan fingerprint density at radius 2 is 2.38 bits per heavy atom. The van der Waals surface area contributed by atoms with E-state index in [4.69, 9.17) is 10.5 Å². The molecule has 6 nitrogen and oxygen atoms in total. The van der Waals surface area contributed by atoms with Crippen molar-refractivity contribution in [2.75, 3.05) is 13.7 Å². The van der Waals surface area contributed by atoms with Gasteiger partial charge in [-0.15, -0.1) is 11.3 Å². The molecule has 0 aliphatic rings. The first kappa shape index (κ1) is 12.6. The van der Waals surface area contributed by atoms with Crippen molar-refractivity contribution in [2.24, 2.45) is 5.73 Å². The highest BCUT2D eigenvalue weighted by molar-refractivity contribution is 7.13. The number of rotatable bonds is 5. The Kier molecular flexibility index (Phi) is 4.39. The van der Waals surface area contributed by atoms with Gasteiger partial charge in [0.05, 0.1) is 17.8 Å². The van der Waals surface area contributed by atoms with E-state index in [0.717, 1.165) is 5.01 Å². The Hall–Kier alpha value is -1.47. The zero-order chi connectivity index (χ0) is 12.1. The number of methoxy groups -OCH3 is 1. The molecule has 0 saturated carbocycles. The van der Waals surface area contributed by atoms with Crippen LogP contribution in [0.3, 0.4) is 0 Å². The maximum atomic E-state index is 11.6. The number of hydrogen-bond acceptors (Lipinski definition) is 5. The van der Waals surface area contributed by atoms with Gasteiger partial charge in [-0.2, -0.15) is 0 Å². The molecular formula is C9H13N3O3S. The van der Waals surface area contributed by atoms with Gasteiger partial charge in [-0.05, 0) is 6.92 Å². The van der Waals surface area contributed by atoms with Crippen LogP contribution in [0.15, 0.2) is 6.20 Å². The first-order valence-corrected chi connectivity index (χ1v) is 5.37. The van der Waals surface area contributed by atoms with Crippen LogP contribution in [0.1, 0.15) is 14.7 Å². The lowest BCUT2D eigenvalue weighted by Crippen LogP contribution is -2.47. The lowest BCUT2D eigenvalue weighted by molar-refractivity contribution is -0.121. The largest absolute Gasteiger partial charge is 0.382 e. The smallest absolute Gasteiger partial charge is 0.263 e. The highest BCUT2D eigenvalue weighted by Gasteiger charge is 2.19. The zero-order valence-corrected chi connectivity index (χ0v) is 9.84. The third kappa shape index (κ3) is 3.28. The summed E-state index contributed by atoms with van der Waals surface area (Å²) in [5.41, 5.74) is 5.11. The summed E-state index contributed by atoms with van der Waals surface area (Å²) in [5.74, 6) is -0.997. The van der Waals surface area contributed by atoms with Gasteiger partial charge >= 0.3 is 0 Å². The summed E-state index contributed by atoms with van der Waals surface area (Å²) in [4.78, 5) is 27.0. The molecule has 0 aliphatic carbocycles. The number of carbonyl (C=O) groups is 2. The van der Waals surface area contributed by atoms with E-state index < -0.39 is 11.9 Å². The number of hydrogen-bond donors (Lipinski definition) is 2. The molecule has 2 amide bonds. The summed E-state index contributed by atoms with van der Waals surface area (Å²) in [5, 5.41) is 3.26. The van der Waals surface area contributed by atoms with Crippen LogP contribution in [-0.4, -0.2) is 36.6 Å². The third-order valence-corrected chi connectivity index (χ3v) is 2.74. The molecule has 7 heteroatoms. The molecule has 0 radical (unpaired) electrons.